The van der Waals surface area contributed by atoms with Crippen LogP contribution in [0.25, 0.3) is 0 Å². The molecule has 3 aromatic rings. The van der Waals surface area contributed by atoms with E-state index < -0.39 is 0 Å². The van der Waals surface area contributed by atoms with E-state index in [1.807, 2.05) is 37.3 Å². The number of aromatic nitrogens is 4. The maximum absolute atomic E-state index is 11.7. The number of phenolic OH excluding ortho intramolecular Hbond substituents is 1. The molecule has 0 unspecified atom stereocenters. The van der Waals surface area contributed by atoms with E-state index in [4.69, 9.17) is 4.74 Å². The molecular formula is C20H22N4O3. The number of Topliss-reactive ketones (excluding diaryl/α,β-unsaturated/α-hetero) is 1. The Morgan fingerprint density at radius 1 is 1.19 bits per heavy atom. The van der Waals surface area contributed by atoms with Gasteiger partial charge in [-0.2, -0.15) is 0 Å². The van der Waals surface area contributed by atoms with Gasteiger partial charge in [0.1, 0.15) is 18.1 Å². The van der Waals surface area contributed by atoms with E-state index in [-0.39, 0.29) is 11.5 Å². The van der Waals surface area contributed by atoms with Gasteiger partial charge in [-0.15, -0.1) is 5.10 Å². The zero-order chi connectivity index (χ0) is 19.2. The van der Waals surface area contributed by atoms with E-state index >= 15 is 0 Å². The van der Waals surface area contributed by atoms with Crippen molar-refractivity contribution in [3.05, 3.63) is 64.5 Å². The third-order valence-electron chi connectivity index (χ3n) is 4.34. The first-order chi connectivity index (χ1) is 13.1. The highest BCUT2D eigenvalue weighted by Gasteiger charge is 2.15. The van der Waals surface area contributed by atoms with Gasteiger partial charge in [0.2, 0.25) is 0 Å². The summed E-state index contributed by atoms with van der Waals surface area (Å²) in [7, 11) is 0. The van der Waals surface area contributed by atoms with Gasteiger partial charge in [-0.3, -0.25) is 4.79 Å². The Bertz CT molecular complexity index is 906. The van der Waals surface area contributed by atoms with Gasteiger partial charge in [-0.25, -0.2) is 5.10 Å². The van der Waals surface area contributed by atoms with Gasteiger partial charge in [0, 0.05) is 12.0 Å². The predicted molar refractivity (Wildman–Crippen MR) is 99.9 cm³/mol. The zero-order valence-electron chi connectivity index (χ0n) is 15.4. The lowest BCUT2D eigenvalue weighted by molar-refractivity contribution is 0.101. The van der Waals surface area contributed by atoms with E-state index in [0.29, 0.717) is 30.8 Å². The van der Waals surface area contributed by atoms with Gasteiger partial charge in [0.05, 0.1) is 5.56 Å². The standard InChI is InChI=1S/C20H22N4O3/c1-3-4-18-15(7-10-17(13(2)25)20(18)26)12-27-16-8-5-14(6-9-16)11-19-21-23-24-22-19/h5-10,26H,3-4,11-12H2,1-2H3,(H,21,22,23,24). The first kappa shape index (κ1) is 18.6. The molecule has 0 amide bonds. The second kappa shape index (κ2) is 8.44. The molecule has 1 heterocycles. The minimum Gasteiger partial charge on any atom is -0.507 e. The van der Waals surface area contributed by atoms with Crippen LogP contribution in [0.4, 0.5) is 0 Å². The van der Waals surface area contributed by atoms with Crippen LogP contribution in [0.15, 0.2) is 36.4 Å². The van der Waals surface area contributed by atoms with E-state index in [2.05, 4.69) is 20.6 Å². The van der Waals surface area contributed by atoms with E-state index in [1.54, 1.807) is 6.07 Å². The molecule has 1 aromatic heterocycles. The quantitative estimate of drug-likeness (QED) is 0.594. The summed E-state index contributed by atoms with van der Waals surface area (Å²) in [5, 5.41) is 24.2. The Morgan fingerprint density at radius 3 is 2.59 bits per heavy atom. The molecule has 0 spiro atoms. The molecule has 0 saturated carbocycles. The van der Waals surface area contributed by atoms with Crippen LogP contribution in [0, 0.1) is 0 Å². The van der Waals surface area contributed by atoms with Gasteiger partial charge in [0.15, 0.2) is 11.6 Å². The molecule has 0 atom stereocenters. The van der Waals surface area contributed by atoms with Crippen molar-refractivity contribution in [1.29, 1.82) is 0 Å². The van der Waals surface area contributed by atoms with E-state index in [9.17, 15) is 9.90 Å². The van der Waals surface area contributed by atoms with Gasteiger partial charge in [-0.1, -0.05) is 31.5 Å². The molecule has 7 heteroatoms. The van der Waals surface area contributed by atoms with Crippen molar-refractivity contribution in [1.82, 2.24) is 20.6 Å². The lowest BCUT2D eigenvalue weighted by Gasteiger charge is -2.14. The van der Waals surface area contributed by atoms with E-state index in [0.717, 1.165) is 28.9 Å². The number of hydrogen-bond donors (Lipinski definition) is 2. The number of carbonyl (C=O) groups excluding carboxylic acids is 1. The number of aromatic amines is 1. The summed E-state index contributed by atoms with van der Waals surface area (Å²) < 4.78 is 5.88. The predicted octanol–water partition coefficient (Wildman–Crippen LogP) is 3.23. The topological polar surface area (TPSA) is 101 Å². The Labute approximate surface area is 157 Å². The average molecular weight is 366 g/mol. The Morgan fingerprint density at radius 2 is 1.96 bits per heavy atom. The Hall–Kier alpha value is -3.22. The minimum atomic E-state index is -0.144. The summed E-state index contributed by atoms with van der Waals surface area (Å²) in [5.74, 6) is 1.36. The van der Waals surface area contributed by atoms with Crippen molar-refractivity contribution in [3.63, 3.8) is 0 Å². The first-order valence-corrected chi connectivity index (χ1v) is 8.87. The van der Waals surface area contributed by atoms with Gasteiger partial charge in [0.25, 0.3) is 0 Å². The summed E-state index contributed by atoms with van der Waals surface area (Å²) in [6, 6.07) is 11.2. The highest BCUT2D eigenvalue weighted by atomic mass is 16.5. The molecule has 27 heavy (non-hydrogen) atoms. The largest absolute Gasteiger partial charge is 0.507 e. The smallest absolute Gasteiger partial charge is 0.163 e. The molecule has 0 aliphatic carbocycles. The molecule has 0 aliphatic rings. The molecule has 3 rings (SSSR count). The normalized spacial score (nSPS) is 10.7. The van der Waals surface area contributed by atoms with Gasteiger partial charge >= 0.3 is 0 Å². The van der Waals surface area contributed by atoms with Crippen LogP contribution in [0.2, 0.25) is 0 Å². The van der Waals surface area contributed by atoms with Crippen LogP contribution in [-0.4, -0.2) is 31.5 Å². The van der Waals surface area contributed by atoms with Crippen LogP contribution >= 0.6 is 0 Å². The highest BCUT2D eigenvalue weighted by Crippen LogP contribution is 2.29. The van der Waals surface area contributed by atoms with Crippen molar-refractivity contribution in [2.75, 3.05) is 0 Å². The van der Waals surface area contributed by atoms with Crippen LogP contribution in [0.3, 0.4) is 0 Å². The van der Waals surface area contributed by atoms with Crippen molar-refractivity contribution in [2.24, 2.45) is 0 Å². The fourth-order valence-corrected chi connectivity index (χ4v) is 2.94. The second-order valence-electron chi connectivity index (χ2n) is 6.36. The summed E-state index contributed by atoms with van der Waals surface area (Å²) in [5.41, 5.74) is 3.08. The molecule has 7 nitrogen and oxygen atoms in total. The van der Waals surface area contributed by atoms with Gasteiger partial charge in [-0.05, 0) is 53.1 Å². The third-order valence-corrected chi connectivity index (χ3v) is 4.34. The third kappa shape index (κ3) is 4.49. The lowest BCUT2D eigenvalue weighted by atomic mass is 9.97. The number of nitrogens with one attached hydrogen (secondary N) is 1. The minimum absolute atomic E-state index is 0.0708. The van der Waals surface area contributed by atoms with Crippen LogP contribution in [0.1, 0.15) is 53.1 Å². The zero-order valence-corrected chi connectivity index (χ0v) is 15.4. The number of aromatic hydroxyl groups is 1. The van der Waals surface area contributed by atoms with Gasteiger partial charge < -0.3 is 9.84 Å². The summed E-state index contributed by atoms with van der Waals surface area (Å²) in [6.07, 6.45) is 2.18. The number of tetrazole rings is 1. The number of rotatable bonds is 8. The molecule has 2 aromatic carbocycles. The van der Waals surface area contributed by atoms with Crippen LogP contribution in [0.5, 0.6) is 11.5 Å². The molecular weight excluding hydrogens is 344 g/mol. The number of H-pyrrole nitrogens is 1. The number of phenols is 1. The Kier molecular flexibility index (Phi) is 5.80. The van der Waals surface area contributed by atoms with Crippen molar-refractivity contribution in [3.8, 4) is 11.5 Å². The number of carbonyl (C=O) groups is 1. The fraction of sp³-hybridized carbons (Fsp3) is 0.300. The van der Waals surface area contributed by atoms with Crippen LogP contribution in [-0.2, 0) is 19.4 Å². The molecule has 140 valence electrons. The van der Waals surface area contributed by atoms with E-state index in [1.165, 1.54) is 6.92 Å². The molecule has 0 fully saturated rings. The monoisotopic (exact) mass is 366 g/mol. The summed E-state index contributed by atoms with van der Waals surface area (Å²) >= 11 is 0. The second-order valence-corrected chi connectivity index (χ2v) is 6.36. The molecule has 0 saturated heterocycles. The Balaban J connectivity index is 1.70. The maximum atomic E-state index is 11.7. The molecule has 0 aliphatic heterocycles. The SMILES string of the molecule is CCCc1c(COc2ccc(Cc3nnn[nH]3)cc2)ccc(C(C)=O)c1O. The van der Waals surface area contributed by atoms with Crippen molar-refractivity contribution < 1.29 is 14.6 Å². The lowest BCUT2D eigenvalue weighted by Crippen LogP contribution is -2.04. The fourth-order valence-electron chi connectivity index (χ4n) is 2.94. The van der Waals surface area contributed by atoms with Crippen molar-refractivity contribution in [2.45, 2.75) is 39.7 Å². The maximum Gasteiger partial charge on any atom is 0.163 e. The highest BCUT2D eigenvalue weighted by molar-refractivity contribution is 5.97. The first-order valence-electron chi connectivity index (χ1n) is 8.87. The van der Waals surface area contributed by atoms with Crippen molar-refractivity contribution >= 4 is 5.78 Å². The summed E-state index contributed by atoms with van der Waals surface area (Å²) in [6.45, 7) is 3.82. The molecule has 0 bridgehead atoms. The average Bonchev–Trinajstić information content (AvgIpc) is 3.16. The number of hydrogen-bond acceptors (Lipinski definition) is 6. The number of benzene rings is 2. The van der Waals surface area contributed by atoms with Crippen LogP contribution < -0.4 is 4.74 Å². The number of ether oxygens (including phenoxy) is 1. The number of ketones is 1. The molecule has 0 radical (unpaired) electrons. The summed E-state index contributed by atoms with van der Waals surface area (Å²) in [4.78, 5) is 11.7. The molecule has 2 N–H and O–H groups in total. The number of nitrogens with zero attached hydrogens (tertiary/aromatic N) is 3.